The summed E-state index contributed by atoms with van der Waals surface area (Å²) in [5.41, 5.74) is 8.95. The van der Waals surface area contributed by atoms with E-state index in [9.17, 15) is 17.9 Å². The van der Waals surface area contributed by atoms with Crippen molar-refractivity contribution >= 4 is 26.9 Å². The number of hydrogen-bond acceptors (Lipinski definition) is 9. The zero-order valence-corrected chi connectivity index (χ0v) is 22.7. The molecule has 0 amide bonds. The Morgan fingerprint density at radius 2 is 2.05 bits per heavy atom. The lowest BCUT2D eigenvalue weighted by atomic mass is 10.1. The highest BCUT2D eigenvalue weighted by Crippen LogP contribution is 2.34. The molecule has 1 fully saturated rings. The molecule has 0 aliphatic carbocycles. The minimum absolute atomic E-state index is 0.0201. The average Bonchev–Trinajstić information content (AvgIpc) is 3.37. The van der Waals surface area contributed by atoms with Crippen LogP contribution in [0.25, 0.3) is 22.3 Å². The molecule has 3 heterocycles. The molecular weight excluding hydrogens is 537 g/mol. The van der Waals surface area contributed by atoms with Crippen molar-refractivity contribution in [2.45, 2.75) is 36.6 Å². The number of methoxy groups -OCH3 is 1. The molecule has 1 aliphatic rings. The number of aromatic nitrogens is 4. The summed E-state index contributed by atoms with van der Waals surface area (Å²) in [6.07, 6.45) is 3.92. The van der Waals surface area contributed by atoms with Crippen molar-refractivity contribution < 1.29 is 22.7 Å². The Morgan fingerprint density at radius 3 is 2.77 bits per heavy atom. The topological polar surface area (TPSA) is 148 Å². The van der Waals surface area contributed by atoms with Gasteiger partial charge in [0.2, 0.25) is 10.0 Å². The lowest BCUT2D eigenvalue weighted by Crippen LogP contribution is -2.42. The molecule has 11 nitrogen and oxygen atoms in total. The van der Waals surface area contributed by atoms with Crippen LogP contribution in [0.2, 0.25) is 0 Å². The molecule has 13 heteroatoms. The van der Waals surface area contributed by atoms with Gasteiger partial charge in [-0.2, -0.15) is 5.10 Å². The number of nitrogen functional groups attached to an aromatic ring is 1. The molecule has 1 saturated heterocycles. The lowest BCUT2D eigenvalue weighted by Gasteiger charge is -2.34. The van der Waals surface area contributed by atoms with Crippen LogP contribution in [0, 0.1) is 5.82 Å². The number of nitrogens with two attached hydrogens (primary N) is 1. The first-order valence-corrected chi connectivity index (χ1v) is 14.2. The summed E-state index contributed by atoms with van der Waals surface area (Å²) in [4.78, 5) is 10.5. The van der Waals surface area contributed by atoms with Gasteiger partial charge in [0.15, 0.2) is 17.2 Å². The minimum Gasteiger partial charge on any atom is -0.494 e. The summed E-state index contributed by atoms with van der Waals surface area (Å²) < 4.78 is 48.5. The summed E-state index contributed by atoms with van der Waals surface area (Å²) in [5.74, 6) is -0.496. The van der Waals surface area contributed by atoms with E-state index in [1.165, 1.54) is 25.6 Å². The van der Waals surface area contributed by atoms with Gasteiger partial charge in [0.05, 0.1) is 23.4 Å². The van der Waals surface area contributed by atoms with Gasteiger partial charge in [-0.15, -0.1) is 0 Å². The lowest BCUT2D eigenvalue weighted by molar-refractivity contribution is 0.0127. The Hall–Kier alpha value is -3.91. The monoisotopic (exact) mass is 567 g/mol. The maximum atomic E-state index is 13.7. The first-order chi connectivity index (χ1) is 19.2. The number of aliphatic hydroxyl groups excluding tert-OH is 1. The summed E-state index contributed by atoms with van der Waals surface area (Å²) in [6, 6.07) is 10.6. The Kier molecular flexibility index (Phi) is 7.81. The van der Waals surface area contributed by atoms with Crippen molar-refractivity contribution in [3.8, 4) is 17.0 Å². The van der Waals surface area contributed by atoms with E-state index in [2.05, 4.69) is 21.3 Å². The molecule has 2 aromatic carbocycles. The standard InChI is InChI=1S/C27H30FN7O4S/c1-3-23(36)34-12-4-5-19(15-34)35-27-24(26(29)30-16-31-27)25(33-35)18-8-6-17(7-9-18)14-32-40(37,38)20-10-11-21(28)22(13-20)39-2/h3,6-11,13,16,19,23,32,36H,1,4-5,12,14-15H2,2H3,(H2,29,30,31). The third-order valence-electron chi connectivity index (χ3n) is 7.00. The van der Waals surface area contributed by atoms with E-state index < -0.39 is 22.1 Å². The second kappa shape index (κ2) is 11.3. The molecule has 2 atom stereocenters. The number of rotatable bonds is 9. The van der Waals surface area contributed by atoms with Crippen LogP contribution in [0.3, 0.4) is 0 Å². The van der Waals surface area contributed by atoms with E-state index in [1.807, 2.05) is 21.7 Å². The molecule has 0 spiro atoms. The first kappa shape index (κ1) is 27.6. The number of hydrogen-bond donors (Lipinski definition) is 3. The molecule has 4 aromatic rings. The molecule has 210 valence electrons. The van der Waals surface area contributed by atoms with Gasteiger partial charge in [0.1, 0.15) is 24.1 Å². The van der Waals surface area contributed by atoms with Crippen LogP contribution < -0.4 is 15.2 Å². The van der Waals surface area contributed by atoms with Crippen LogP contribution in [0.5, 0.6) is 5.75 Å². The highest BCUT2D eigenvalue weighted by atomic mass is 32.2. The number of nitrogens with zero attached hydrogens (tertiary/aromatic N) is 5. The summed E-state index contributed by atoms with van der Waals surface area (Å²) >= 11 is 0. The Labute approximate surface area is 231 Å². The number of aliphatic hydroxyl groups is 1. The molecule has 4 N–H and O–H groups in total. The third-order valence-corrected chi connectivity index (χ3v) is 8.40. The SMILES string of the molecule is C=CC(O)N1CCCC(n2nc(-c3ccc(CNS(=O)(=O)c4ccc(F)c(OC)c4)cc3)c3c(N)ncnc32)C1. The van der Waals surface area contributed by atoms with E-state index in [4.69, 9.17) is 15.6 Å². The van der Waals surface area contributed by atoms with E-state index >= 15 is 0 Å². The molecule has 2 unspecified atom stereocenters. The van der Waals surface area contributed by atoms with Crippen LogP contribution in [0.4, 0.5) is 10.2 Å². The second-order valence-corrected chi connectivity index (χ2v) is 11.3. The number of nitrogens with one attached hydrogen (secondary N) is 1. The summed E-state index contributed by atoms with van der Waals surface area (Å²) in [6.45, 7) is 5.04. The van der Waals surface area contributed by atoms with Crippen LogP contribution >= 0.6 is 0 Å². The van der Waals surface area contributed by atoms with Gasteiger partial charge < -0.3 is 15.6 Å². The number of sulfonamides is 1. The maximum absolute atomic E-state index is 13.7. The van der Waals surface area contributed by atoms with Crippen molar-refractivity contribution in [1.82, 2.24) is 29.4 Å². The number of likely N-dealkylation sites (tertiary alicyclic amines) is 1. The van der Waals surface area contributed by atoms with Crippen LogP contribution in [0.1, 0.15) is 24.4 Å². The van der Waals surface area contributed by atoms with Crippen LogP contribution in [-0.2, 0) is 16.6 Å². The normalized spacial score (nSPS) is 17.1. The van der Waals surface area contributed by atoms with Crippen LogP contribution in [-0.4, -0.2) is 64.6 Å². The van der Waals surface area contributed by atoms with E-state index in [1.54, 1.807) is 12.1 Å². The number of fused-ring (bicyclic) bond motifs is 1. The van der Waals surface area contributed by atoms with E-state index in [0.717, 1.165) is 37.1 Å². The fourth-order valence-corrected chi connectivity index (χ4v) is 5.91. The molecular formula is C27H30FN7O4S. The minimum atomic E-state index is -3.90. The van der Waals surface area contributed by atoms with Gasteiger partial charge in [-0.05, 0) is 36.6 Å². The zero-order valence-electron chi connectivity index (χ0n) is 21.9. The largest absolute Gasteiger partial charge is 0.494 e. The highest BCUT2D eigenvalue weighted by Gasteiger charge is 2.28. The van der Waals surface area contributed by atoms with Gasteiger partial charge in [-0.25, -0.2) is 32.2 Å². The summed E-state index contributed by atoms with van der Waals surface area (Å²) in [7, 11) is -2.63. The van der Waals surface area contributed by atoms with Gasteiger partial charge in [-0.1, -0.05) is 30.8 Å². The van der Waals surface area contributed by atoms with Gasteiger partial charge in [0, 0.05) is 31.3 Å². The van der Waals surface area contributed by atoms with Crippen molar-refractivity contribution in [3.05, 3.63) is 72.8 Å². The molecule has 0 saturated carbocycles. The third kappa shape index (κ3) is 5.41. The molecule has 0 bridgehead atoms. The fourth-order valence-electron chi connectivity index (χ4n) is 4.87. The average molecular weight is 568 g/mol. The molecule has 0 radical (unpaired) electrons. The number of benzene rings is 2. The van der Waals surface area contributed by atoms with E-state index in [0.29, 0.717) is 34.7 Å². The molecule has 2 aromatic heterocycles. The number of piperidine rings is 1. The Balaban J connectivity index is 1.39. The predicted molar refractivity (Wildman–Crippen MR) is 148 cm³/mol. The van der Waals surface area contributed by atoms with Crippen molar-refractivity contribution in [2.75, 3.05) is 25.9 Å². The second-order valence-electron chi connectivity index (χ2n) is 9.51. The maximum Gasteiger partial charge on any atom is 0.241 e. The Morgan fingerprint density at radius 1 is 1.27 bits per heavy atom. The van der Waals surface area contributed by atoms with Crippen molar-refractivity contribution in [1.29, 1.82) is 0 Å². The van der Waals surface area contributed by atoms with Crippen molar-refractivity contribution in [3.63, 3.8) is 0 Å². The molecule has 40 heavy (non-hydrogen) atoms. The van der Waals surface area contributed by atoms with E-state index in [-0.39, 0.29) is 23.2 Å². The van der Waals surface area contributed by atoms with Crippen molar-refractivity contribution in [2.24, 2.45) is 0 Å². The fraction of sp³-hybridized carbons (Fsp3) is 0.296. The summed E-state index contributed by atoms with van der Waals surface area (Å²) in [5, 5.41) is 15.8. The van der Waals surface area contributed by atoms with Gasteiger partial charge in [-0.3, -0.25) is 4.90 Å². The Bertz CT molecular complexity index is 1640. The predicted octanol–water partition coefficient (Wildman–Crippen LogP) is 2.84. The van der Waals surface area contributed by atoms with Gasteiger partial charge in [0.25, 0.3) is 0 Å². The number of halogens is 1. The highest BCUT2D eigenvalue weighted by molar-refractivity contribution is 7.89. The number of anilines is 1. The number of ether oxygens (including phenoxy) is 1. The van der Waals surface area contributed by atoms with Gasteiger partial charge >= 0.3 is 0 Å². The zero-order chi connectivity index (χ0) is 28.4. The quantitative estimate of drug-likeness (QED) is 0.260. The van der Waals surface area contributed by atoms with Crippen LogP contribution in [0.15, 0.2) is 66.3 Å². The smallest absolute Gasteiger partial charge is 0.241 e. The molecule has 1 aliphatic heterocycles. The first-order valence-electron chi connectivity index (χ1n) is 12.7. The molecule has 5 rings (SSSR count).